The van der Waals surface area contributed by atoms with Crippen LogP contribution in [0.25, 0.3) is 10.8 Å². The van der Waals surface area contributed by atoms with Crippen molar-refractivity contribution in [2.24, 2.45) is 5.73 Å². The van der Waals surface area contributed by atoms with E-state index in [1.54, 1.807) is 0 Å². The normalized spacial score (nSPS) is 13.9. The van der Waals surface area contributed by atoms with Crippen molar-refractivity contribution in [3.8, 4) is 0 Å². The van der Waals surface area contributed by atoms with E-state index in [0.717, 1.165) is 22.4 Å². The molecule has 2 nitrogen and oxygen atoms in total. The second-order valence-electron chi connectivity index (χ2n) is 5.62. The van der Waals surface area contributed by atoms with E-state index in [9.17, 15) is 13.9 Å². The minimum atomic E-state index is -0.702. The molecular formula is C19H17F2NO. The zero-order valence-electron chi connectivity index (χ0n) is 12.4. The summed E-state index contributed by atoms with van der Waals surface area (Å²) in [5, 5.41) is 11.9. The molecule has 0 aromatic heterocycles. The van der Waals surface area contributed by atoms with Crippen molar-refractivity contribution in [2.45, 2.75) is 12.0 Å². The lowest BCUT2D eigenvalue weighted by Crippen LogP contribution is -2.23. The predicted octanol–water partition coefficient (Wildman–Crippen LogP) is 3.89. The van der Waals surface area contributed by atoms with Gasteiger partial charge in [0, 0.05) is 18.0 Å². The maximum absolute atomic E-state index is 13.4. The van der Waals surface area contributed by atoms with E-state index in [4.69, 9.17) is 5.73 Å². The third-order valence-electron chi connectivity index (χ3n) is 4.10. The molecule has 3 N–H and O–H groups in total. The van der Waals surface area contributed by atoms with Crippen LogP contribution in [-0.4, -0.2) is 11.7 Å². The Bertz CT molecular complexity index is 814. The highest BCUT2D eigenvalue weighted by Gasteiger charge is 2.22. The molecule has 0 heterocycles. The minimum absolute atomic E-state index is 0.211. The van der Waals surface area contributed by atoms with Crippen molar-refractivity contribution in [1.82, 2.24) is 0 Å². The second-order valence-corrected chi connectivity index (χ2v) is 5.62. The van der Waals surface area contributed by atoms with E-state index in [1.165, 1.54) is 12.1 Å². The van der Waals surface area contributed by atoms with Gasteiger partial charge < -0.3 is 10.8 Å². The van der Waals surface area contributed by atoms with Crippen LogP contribution >= 0.6 is 0 Å². The van der Waals surface area contributed by atoms with Crippen molar-refractivity contribution in [2.75, 3.05) is 6.61 Å². The summed E-state index contributed by atoms with van der Waals surface area (Å²) in [5.41, 5.74) is 7.34. The van der Waals surface area contributed by atoms with Crippen LogP contribution in [0.1, 0.15) is 23.1 Å². The molecule has 0 spiro atoms. The van der Waals surface area contributed by atoms with Crippen LogP contribution in [-0.2, 0) is 0 Å². The summed E-state index contributed by atoms with van der Waals surface area (Å²) >= 11 is 0. The van der Waals surface area contributed by atoms with Crippen LogP contribution in [0.3, 0.4) is 0 Å². The van der Waals surface area contributed by atoms with Gasteiger partial charge in [0.1, 0.15) is 11.6 Å². The Kier molecular flexibility index (Phi) is 4.37. The smallest absolute Gasteiger partial charge is 0.126 e. The van der Waals surface area contributed by atoms with Gasteiger partial charge in [0.25, 0.3) is 0 Å². The number of hydrogen-bond donors (Lipinski definition) is 2. The molecule has 0 aliphatic carbocycles. The topological polar surface area (TPSA) is 46.2 Å². The molecule has 4 heteroatoms. The zero-order valence-corrected chi connectivity index (χ0v) is 12.4. The van der Waals surface area contributed by atoms with E-state index in [1.807, 2.05) is 42.5 Å². The third-order valence-corrected chi connectivity index (χ3v) is 4.10. The first kappa shape index (κ1) is 15.6. The Hall–Kier alpha value is -2.30. The van der Waals surface area contributed by atoms with Gasteiger partial charge in [-0.15, -0.1) is 0 Å². The number of aliphatic hydroxyl groups is 1. The Morgan fingerprint density at radius 1 is 0.826 bits per heavy atom. The number of halogens is 2. The molecule has 23 heavy (non-hydrogen) atoms. The van der Waals surface area contributed by atoms with Crippen LogP contribution in [0.2, 0.25) is 0 Å². The van der Waals surface area contributed by atoms with Gasteiger partial charge in [0.2, 0.25) is 0 Å². The first-order valence-electron chi connectivity index (χ1n) is 7.39. The van der Waals surface area contributed by atoms with Crippen molar-refractivity contribution in [1.29, 1.82) is 0 Å². The molecule has 0 amide bonds. The second kappa shape index (κ2) is 6.44. The van der Waals surface area contributed by atoms with Gasteiger partial charge in [-0.05, 0) is 34.0 Å². The number of aliphatic hydroxyl groups excluding tert-OH is 1. The first-order valence-corrected chi connectivity index (χ1v) is 7.39. The van der Waals surface area contributed by atoms with Crippen LogP contribution in [0.4, 0.5) is 8.78 Å². The largest absolute Gasteiger partial charge is 0.396 e. The average molecular weight is 313 g/mol. The van der Waals surface area contributed by atoms with Crippen LogP contribution in [0.15, 0.2) is 60.7 Å². The third kappa shape index (κ3) is 3.23. The Morgan fingerprint density at radius 2 is 1.48 bits per heavy atom. The number of nitrogens with two attached hydrogens (primary N) is 1. The maximum atomic E-state index is 13.4. The van der Waals surface area contributed by atoms with Crippen molar-refractivity contribution < 1.29 is 13.9 Å². The number of hydrogen-bond acceptors (Lipinski definition) is 2. The number of benzene rings is 3. The average Bonchev–Trinajstić information content (AvgIpc) is 2.54. The molecule has 0 aliphatic heterocycles. The Balaban J connectivity index is 1.99. The SMILES string of the molecule is NC(c1cc(F)cc(F)c1)C(CO)c1ccc2ccccc2c1. The van der Waals surface area contributed by atoms with E-state index in [-0.39, 0.29) is 6.61 Å². The van der Waals surface area contributed by atoms with Gasteiger partial charge in [0.05, 0.1) is 6.61 Å². The highest BCUT2D eigenvalue weighted by atomic mass is 19.1. The molecule has 2 atom stereocenters. The summed E-state index contributed by atoms with van der Waals surface area (Å²) in [4.78, 5) is 0. The molecule has 3 aromatic carbocycles. The fourth-order valence-corrected chi connectivity index (χ4v) is 2.86. The number of fused-ring (bicyclic) bond motifs is 1. The van der Waals surface area contributed by atoms with E-state index in [2.05, 4.69) is 0 Å². The van der Waals surface area contributed by atoms with Gasteiger partial charge in [0.15, 0.2) is 0 Å². The summed E-state index contributed by atoms with van der Waals surface area (Å²) < 4.78 is 26.8. The van der Waals surface area contributed by atoms with Crippen LogP contribution < -0.4 is 5.73 Å². The highest BCUT2D eigenvalue weighted by Crippen LogP contribution is 2.31. The van der Waals surface area contributed by atoms with Gasteiger partial charge in [-0.3, -0.25) is 0 Å². The molecule has 0 bridgehead atoms. The summed E-state index contributed by atoms with van der Waals surface area (Å²) in [5.74, 6) is -1.79. The molecule has 2 unspecified atom stereocenters. The predicted molar refractivity (Wildman–Crippen MR) is 87.1 cm³/mol. The highest BCUT2D eigenvalue weighted by molar-refractivity contribution is 5.83. The monoisotopic (exact) mass is 313 g/mol. The van der Waals surface area contributed by atoms with Crippen molar-refractivity contribution in [3.63, 3.8) is 0 Å². The van der Waals surface area contributed by atoms with Gasteiger partial charge in [-0.2, -0.15) is 0 Å². The maximum Gasteiger partial charge on any atom is 0.126 e. The molecule has 0 radical (unpaired) electrons. The zero-order chi connectivity index (χ0) is 16.4. The van der Waals surface area contributed by atoms with Gasteiger partial charge in [-0.25, -0.2) is 8.78 Å². The van der Waals surface area contributed by atoms with E-state index < -0.39 is 23.6 Å². The van der Waals surface area contributed by atoms with Crippen molar-refractivity contribution in [3.05, 3.63) is 83.4 Å². The molecule has 0 fully saturated rings. The molecule has 118 valence electrons. The lowest BCUT2D eigenvalue weighted by atomic mass is 9.87. The Morgan fingerprint density at radius 3 is 2.13 bits per heavy atom. The molecular weight excluding hydrogens is 296 g/mol. The van der Waals surface area contributed by atoms with Gasteiger partial charge >= 0.3 is 0 Å². The first-order chi connectivity index (χ1) is 11.1. The summed E-state index contributed by atoms with van der Waals surface area (Å²) in [6, 6.07) is 16.2. The molecule has 0 aliphatic rings. The summed E-state index contributed by atoms with van der Waals surface area (Å²) in [6.07, 6.45) is 0. The van der Waals surface area contributed by atoms with E-state index >= 15 is 0 Å². The van der Waals surface area contributed by atoms with E-state index in [0.29, 0.717) is 5.56 Å². The molecule has 0 saturated heterocycles. The van der Waals surface area contributed by atoms with Crippen LogP contribution in [0.5, 0.6) is 0 Å². The standard InChI is InChI=1S/C19H17F2NO/c20-16-8-15(9-17(21)10-16)19(22)18(11-23)14-6-5-12-3-1-2-4-13(12)7-14/h1-10,18-19,23H,11,22H2. The lowest BCUT2D eigenvalue weighted by molar-refractivity contribution is 0.248. The molecule has 3 rings (SSSR count). The fourth-order valence-electron chi connectivity index (χ4n) is 2.86. The minimum Gasteiger partial charge on any atom is -0.396 e. The van der Waals surface area contributed by atoms with Gasteiger partial charge in [-0.1, -0.05) is 42.5 Å². The quantitative estimate of drug-likeness (QED) is 0.767. The lowest BCUT2D eigenvalue weighted by Gasteiger charge is -2.23. The Labute approximate surface area is 133 Å². The molecule has 3 aromatic rings. The fraction of sp³-hybridized carbons (Fsp3) is 0.158. The molecule has 0 saturated carbocycles. The van der Waals surface area contributed by atoms with Crippen LogP contribution in [0, 0.1) is 11.6 Å². The summed E-state index contributed by atoms with van der Waals surface area (Å²) in [7, 11) is 0. The number of rotatable bonds is 4. The van der Waals surface area contributed by atoms with Crippen molar-refractivity contribution >= 4 is 10.8 Å². The summed E-state index contributed by atoms with van der Waals surface area (Å²) in [6.45, 7) is -0.211.